The van der Waals surface area contributed by atoms with Crippen LogP contribution in [-0.2, 0) is 4.79 Å². The summed E-state index contributed by atoms with van der Waals surface area (Å²) in [5, 5.41) is 0. The zero-order chi connectivity index (χ0) is 13.1. The Morgan fingerprint density at radius 1 is 1.22 bits per heavy atom. The normalized spacial score (nSPS) is 19.7. The number of amides is 1. The number of hydrogen-bond acceptors (Lipinski definition) is 2. The lowest BCUT2D eigenvalue weighted by atomic mass is 9.99. The van der Waals surface area contributed by atoms with Gasteiger partial charge in [0.15, 0.2) is 0 Å². The number of carbonyl (C=O) groups is 2. The summed E-state index contributed by atoms with van der Waals surface area (Å²) in [6.45, 7) is 5.50. The van der Waals surface area contributed by atoms with Crippen molar-refractivity contribution >= 4 is 11.7 Å². The van der Waals surface area contributed by atoms with E-state index < -0.39 is 0 Å². The van der Waals surface area contributed by atoms with Gasteiger partial charge in [0.25, 0.3) is 5.91 Å². The number of carbonyl (C=O) groups excluding carboxylic acids is 2. The molecule has 0 aromatic heterocycles. The van der Waals surface area contributed by atoms with E-state index in [1.54, 1.807) is 17.0 Å². The van der Waals surface area contributed by atoms with Gasteiger partial charge >= 0.3 is 0 Å². The molecule has 1 fully saturated rings. The maximum atomic E-state index is 12.1. The SMILES string of the molecule is Cc1ccc(C(=O)C(=O)N2CCCC(C)C2)cc1. The molecule has 18 heavy (non-hydrogen) atoms. The van der Waals surface area contributed by atoms with Crippen LogP contribution in [0, 0.1) is 12.8 Å². The maximum Gasteiger partial charge on any atom is 0.294 e. The molecule has 1 aliphatic heterocycles. The van der Waals surface area contributed by atoms with Crippen molar-refractivity contribution in [1.29, 1.82) is 0 Å². The molecular formula is C15H19NO2. The van der Waals surface area contributed by atoms with Crippen molar-refractivity contribution in [2.45, 2.75) is 26.7 Å². The molecule has 96 valence electrons. The Kier molecular flexibility index (Phi) is 3.80. The first-order chi connectivity index (χ1) is 8.58. The van der Waals surface area contributed by atoms with Crippen LogP contribution in [-0.4, -0.2) is 29.7 Å². The summed E-state index contributed by atoms with van der Waals surface area (Å²) < 4.78 is 0. The van der Waals surface area contributed by atoms with Gasteiger partial charge < -0.3 is 4.90 Å². The van der Waals surface area contributed by atoms with Crippen LogP contribution in [0.5, 0.6) is 0 Å². The maximum absolute atomic E-state index is 12.1. The van der Waals surface area contributed by atoms with Crippen LogP contribution in [0.25, 0.3) is 0 Å². The van der Waals surface area contributed by atoms with Gasteiger partial charge in [0.2, 0.25) is 5.78 Å². The average molecular weight is 245 g/mol. The highest BCUT2D eigenvalue weighted by molar-refractivity contribution is 6.42. The Morgan fingerprint density at radius 2 is 1.89 bits per heavy atom. The predicted molar refractivity (Wildman–Crippen MR) is 70.5 cm³/mol. The lowest BCUT2D eigenvalue weighted by molar-refractivity contribution is -0.128. The predicted octanol–water partition coefficient (Wildman–Crippen LogP) is 2.44. The van der Waals surface area contributed by atoms with Crippen LogP contribution in [0.4, 0.5) is 0 Å². The molecule has 3 nitrogen and oxygen atoms in total. The van der Waals surface area contributed by atoms with Crippen molar-refractivity contribution in [1.82, 2.24) is 4.90 Å². The molecule has 1 heterocycles. The number of rotatable bonds is 2. The van der Waals surface area contributed by atoms with Crippen LogP contribution in [0.3, 0.4) is 0 Å². The Bertz CT molecular complexity index is 450. The van der Waals surface area contributed by atoms with Crippen LogP contribution >= 0.6 is 0 Å². The zero-order valence-electron chi connectivity index (χ0n) is 11.0. The van der Waals surface area contributed by atoms with E-state index in [9.17, 15) is 9.59 Å². The van der Waals surface area contributed by atoms with Crippen LogP contribution in [0.1, 0.15) is 35.7 Å². The van der Waals surface area contributed by atoms with E-state index >= 15 is 0 Å². The first kappa shape index (κ1) is 12.8. The average Bonchev–Trinajstić information content (AvgIpc) is 2.38. The third-order valence-electron chi connectivity index (χ3n) is 3.45. The highest BCUT2D eigenvalue weighted by atomic mass is 16.2. The Hall–Kier alpha value is -1.64. The van der Waals surface area contributed by atoms with Gasteiger partial charge in [-0.1, -0.05) is 36.8 Å². The first-order valence-electron chi connectivity index (χ1n) is 6.48. The number of aryl methyl sites for hydroxylation is 1. The van der Waals surface area contributed by atoms with Crippen molar-refractivity contribution < 1.29 is 9.59 Å². The molecule has 0 N–H and O–H groups in total. The van der Waals surface area contributed by atoms with Crippen molar-refractivity contribution in [2.75, 3.05) is 13.1 Å². The molecule has 0 spiro atoms. The molecule has 1 amide bonds. The fraction of sp³-hybridized carbons (Fsp3) is 0.467. The number of Topliss-reactive ketones (excluding diaryl/α,β-unsaturated/α-hetero) is 1. The van der Waals surface area contributed by atoms with Crippen LogP contribution < -0.4 is 0 Å². The largest absolute Gasteiger partial charge is 0.336 e. The standard InChI is InChI=1S/C15H19NO2/c1-11-5-7-13(8-6-11)14(17)15(18)16-9-3-4-12(2)10-16/h5-8,12H,3-4,9-10H2,1-2H3. The number of likely N-dealkylation sites (tertiary alicyclic amines) is 1. The lowest BCUT2D eigenvalue weighted by Gasteiger charge is -2.30. The summed E-state index contributed by atoms with van der Waals surface area (Å²) in [6.07, 6.45) is 2.14. The van der Waals surface area contributed by atoms with E-state index in [1.165, 1.54) is 0 Å². The van der Waals surface area contributed by atoms with E-state index in [0.717, 1.165) is 18.4 Å². The lowest BCUT2D eigenvalue weighted by Crippen LogP contribution is -2.42. The second kappa shape index (κ2) is 5.34. The second-order valence-electron chi connectivity index (χ2n) is 5.19. The highest BCUT2D eigenvalue weighted by Crippen LogP contribution is 2.16. The molecule has 0 aliphatic carbocycles. The monoisotopic (exact) mass is 245 g/mol. The second-order valence-corrected chi connectivity index (χ2v) is 5.19. The molecule has 1 atom stereocenters. The van der Waals surface area contributed by atoms with E-state index in [1.807, 2.05) is 19.1 Å². The zero-order valence-corrected chi connectivity index (χ0v) is 11.0. The number of benzene rings is 1. The van der Waals surface area contributed by atoms with Crippen molar-refractivity contribution in [3.05, 3.63) is 35.4 Å². The molecule has 2 rings (SSSR count). The molecule has 1 aliphatic rings. The summed E-state index contributed by atoms with van der Waals surface area (Å²) in [5.74, 6) is -0.247. The van der Waals surface area contributed by atoms with Gasteiger partial charge in [0, 0.05) is 18.7 Å². The van der Waals surface area contributed by atoms with Gasteiger partial charge in [-0.15, -0.1) is 0 Å². The van der Waals surface area contributed by atoms with Crippen molar-refractivity contribution in [3.8, 4) is 0 Å². The van der Waals surface area contributed by atoms with E-state index in [-0.39, 0.29) is 11.7 Å². The van der Waals surface area contributed by atoms with Gasteiger partial charge in [-0.05, 0) is 25.7 Å². The summed E-state index contributed by atoms with van der Waals surface area (Å²) in [6, 6.07) is 7.17. The molecule has 0 bridgehead atoms. The molecule has 0 saturated carbocycles. The summed E-state index contributed by atoms with van der Waals surface area (Å²) in [5.41, 5.74) is 1.58. The summed E-state index contributed by atoms with van der Waals surface area (Å²) in [4.78, 5) is 25.9. The van der Waals surface area contributed by atoms with Crippen molar-refractivity contribution in [3.63, 3.8) is 0 Å². The summed E-state index contributed by atoms with van der Waals surface area (Å²) in [7, 11) is 0. The van der Waals surface area contributed by atoms with Gasteiger partial charge in [0.1, 0.15) is 0 Å². The number of piperidine rings is 1. The van der Waals surface area contributed by atoms with Crippen LogP contribution in [0.15, 0.2) is 24.3 Å². The molecule has 0 radical (unpaired) electrons. The van der Waals surface area contributed by atoms with Gasteiger partial charge in [-0.2, -0.15) is 0 Å². The molecule has 1 aromatic rings. The third-order valence-corrected chi connectivity index (χ3v) is 3.45. The molecule has 1 saturated heterocycles. The van der Waals surface area contributed by atoms with Crippen LogP contribution in [0.2, 0.25) is 0 Å². The third kappa shape index (κ3) is 2.78. The molecule has 1 aromatic carbocycles. The minimum absolute atomic E-state index is 0.356. The van der Waals surface area contributed by atoms with Gasteiger partial charge in [-0.25, -0.2) is 0 Å². The minimum atomic E-state index is -0.385. The fourth-order valence-corrected chi connectivity index (χ4v) is 2.35. The van der Waals surface area contributed by atoms with Crippen molar-refractivity contribution in [2.24, 2.45) is 5.92 Å². The molecule has 3 heteroatoms. The Balaban J connectivity index is 2.08. The first-order valence-corrected chi connectivity index (χ1v) is 6.48. The molecule has 1 unspecified atom stereocenters. The quantitative estimate of drug-likeness (QED) is 0.593. The fourth-order valence-electron chi connectivity index (χ4n) is 2.35. The molecular weight excluding hydrogens is 226 g/mol. The minimum Gasteiger partial charge on any atom is -0.336 e. The number of nitrogens with zero attached hydrogens (tertiary/aromatic N) is 1. The number of hydrogen-bond donors (Lipinski definition) is 0. The van der Waals surface area contributed by atoms with E-state index in [0.29, 0.717) is 24.6 Å². The van der Waals surface area contributed by atoms with E-state index in [4.69, 9.17) is 0 Å². The van der Waals surface area contributed by atoms with E-state index in [2.05, 4.69) is 6.92 Å². The Labute approximate surface area is 108 Å². The topological polar surface area (TPSA) is 37.4 Å². The van der Waals surface area contributed by atoms with Gasteiger partial charge in [0.05, 0.1) is 0 Å². The van der Waals surface area contributed by atoms with Gasteiger partial charge in [-0.3, -0.25) is 9.59 Å². The highest BCUT2D eigenvalue weighted by Gasteiger charge is 2.26. The number of ketones is 1. The Morgan fingerprint density at radius 3 is 2.50 bits per heavy atom. The summed E-state index contributed by atoms with van der Waals surface area (Å²) >= 11 is 0. The smallest absolute Gasteiger partial charge is 0.294 e.